The van der Waals surface area contributed by atoms with Gasteiger partial charge >= 0.3 is 0 Å². The van der Waals surface area contributed by atoms with Crippen molar-refractivity contribution in [3.05, 3.63) is 59.3 Å². The van der Waals surface area contributed by atoms with Crippen molar-refractivity contribution in [2.75, 3.05) is 19.8 Å². The highest BCUT2D eigenvalue weighted by Crippen LogP contribution is 2.45. The summed E-state index contributed by atoms with van der Waals surface area (Å²) in [5.41, 5.74) is 3.34. The van der Waals surface area contributed by atoms with Crippen LogP contribution in [-0.2, 0) is 0 Å². The second-order valence-corrected chi connectivity index (χ2v) is 8.47. The lowest BCUT2D eigenvalue weighted by atomic mass is 9.95. The lowest BCUT2D eigenvalue weighted by Gasteiger charge is -2.26. The molecule has 1 aliphatic rings. The Hall–Kier alpha value is -3.48. The minimum atomic E-state index is -0.343. The summed E-state index contributed by atoms with van der Waals surface area (Å²) in [4.78, 5) is 15.2. The predicted octanol–water partition coefficient (Wildman–Crippen LogP) is 5.71. The quantitative estimate of drug-likeness (QED) is 0.356. The summed E-state index contributed by atoms with van der Waals surface area (Å²) < 4.78 is 11.9. The van der Waals surface area contributed by atoms with Gasteiger partial charge in [0.05, 0.1) is 19.3 Å². The molecule has 1 atom stereocenters. The fourth-order valence-electron chi connectivity index (χ4n) is 4.51. The molecule has 0 fully saturated rings. The number of aromatic nitrogens is 2. The van der Waals surface area contributed by atoms with Gasteiger partial charge in [-0.1, -0.05) is 44.9 Å². The first-order valence-corrected chi connectivity index (χ1v) is 12.2. The highest BCUT2D eigenvalue weighted by atomic mass is 16.5. The van der Waals surface area contributed by atoms with Crippen LogP contribution in [-0.4, -0.2) is 45.9 Å². The molecule has 2 N–H and O–H groups in total. The van der Waals surface area contributed by atoms with Gasteiger partial charge < -0.3 is 19.5 Å². The third-order valence-electron chi connectivity index (χ3n) is 6.08. The van der Waals surface area contributed by atoms with Gasteiger partial charge in [0, 0.05) is 17.7 Å². The fourth-order valence-corrected chi connectivity index (χ4v) is 4.51. The Labute approximate surface area is 200 Å². The Morgan fingerprint density at radius 1 is 1.03 bits per heavy atom. The number of hydrogen-bond acceptors (Lipinski definition) is 5. The van der Waals surface area contributed by atoms with Crippen LogP contribution in [0, 0.1) is 0 Å². The molecule has 0 saturated carbocycles. The number of nitrogens with zero attached hydrogens (tertiary/aromatic N) is 2. The molecule has 3 aromatic rings. The maximum Gasteiger partial charge on any atom is 0.273 e. The number of unbranched alkanes of at least 4 members (excludes halogenated alkanes) is 2. The first kappa shape index (κ1) is 23.7. The molecule has 34 heavy (non-hydrogen) atoms. The molecule has 0 unspecified atom stereocenters. The summed E-state index contributed by atoms with van der Waals surface area (Å²) in [5, 5.41) is 17.9. The van der Waals surface area contributed by atoms with Crippen LogP contribution in [0.2, 0.25) is 0 Å². The summed E-state index contributed by atoms with van der Waals surface area (Å²) in [5.74, 6) is 1.42. The number of nitrogens with one attached hydrogen (secondary N) is 1. The summed E-state index contributed by atoms with van der Waals surface area (Å²) in [6, 6.07) is 12.6. The molecule has 1 aliphatic heterocycles. The number of hydrogen-bond donors (Lipinski definition) is 2. The third-order valence-corrected chi connectivity index (χ3v) is 6.08. The van der Waals surface area contributed by atoms with E-state index in [0.29, 0.717) is 48.2 Å². The number of para-hydroxylation sites is 1. The standard InChI is InChI=1S/C27H33N3O4/c1-4-7-10-16-34-21-14-13-18(17-22(21)33-6-3)26-23-24(19-11-8-9-12-20(19)31)28-29-25(23)27(32)30(26)15-5-2/h8-9,11-14,17,26,31H,4-7,10,15-16H2,1-3H3,(H,28,29)/t26-/m0/s1. The molecule has 2 aromatic carbocycles. The van der Waals surface area contributed by atoms with E-state index in [1.807, 2.05) is 42.2 Å². The number of carbonyl (C=O) groups excluding carboxylic acids is 1. The van der Waals surface area contributed by atoms with E-state index in [0.717, 1.165) is 36.8 Å². The topological polar surface area (TPSA) is 87.7 Å². The van der Waals surface area contributed by atoms with Crippen molar-refractivity contribution in [1.29, 1.82) is 0 Å². The first-order chi connectivity index (χ1) is 16.6. The summed E-state index contributed by atoms with van der Waals surface area (Å²) in [7, 11) is 0. The molecule has 1 aromatic heterocycles. The van der Waals surface area contributed by atoms with E-state index in [9.17, 15) is 9.90 Å². The summed E-state index contributed by atoms with van der Waals surface area (Å²) in [6.45, 7) is 7.92. The number of phenolic OH excluding ortho intramolecular Hbond substituents is 1. The van der Waals surface area contributed by atoms with Crippen molar-refractivity contribution in [3.8, 4) is 28.5 Å². The highest BCUT2D eigenvalue weighted by molar-refractivity contribution is 6.00. The lowest BCUT2D eigenvalue weighted by molar-refractivity contribution is 0.0743. The summed E-state index contributed by atoms with van der Waals surface area (Å²) >= 11 is 0. The number of ether oxygens (including phenoxy) is 2. The molecule has 180 valence electrons. The van der Waals surface area contributed by atoms with Gasteiger partial charge in [0.25, 0.3) is 5.91 Å². The average Bonchev–Trinajstić information content (AvgIpc) is 3.37. The van der Waals surface area contributed by atoms with Crippen LogP contribution in [0.1, 0.15) is 74.1 Å². The van der Waals surface area contributed by atoms with Crippen LogP contribution in [0.5, 0.6) is 17.2 Å². The van der Waals surface area contributed by atoms with E-state index in [2.05, 4.69) is 24.0 Å². The number of benzene rings is 2. The van der Waals surface area contributed by atoms with Crippen molar-refractivity contribution in [3.63, 3.8) is 0 Å². The largest absolute Gasteiger partial charge is 0.507 e. The number of phenols is 1. The molecule has 0 bridgehead atoms. The number of carbonyl (C=O) groups is 1. The lowest BCUT2D eigenvalue weighted by Crippen LogP contribution is -2.30. The van der Waals surface area contributed by atoms with Crippen LogP contribution < -0.4 is 9.47 Å². The molecule has 0 radical (unpaired) electrons. The van der Waals surface area contributed by atoms with Gasteiger partial charge in [-0.2, -0.15) is 5.10 Å². The first-order valence-electron chi connectivity index (χ1n) is 12.2. The number of fused-ring (bicyclic) bond motifs is 1. The number of H-pyrrole nitrogens is 1. The number of amides is 1. The SMILES string of the molecule is CCCCCOc1ccc([C@H]2c3c(-c4ccccc4O)n[nH]c3C(=O)N2CCC)cc1OCC. The van der Waals surface area contributed by atoms with Gasteiger partial charge in [-0.15, -0.1) is 0 Å². The zero-order valence-corrected chi connectivity index (χ0v) is 20.1. The van der Waals surface area contributed by atoms with Crippen LogP contribution in [0.25, 0.3) is 11.3 Å². The minimum Gasteiger partial charge on any atom is -0.507 e. The number of aromatic amines is 1. The van der Waals surface area contributed by atoms with Crippen LogP contribution >= 0.6 is 0 Å². The molecular weight excluding hydrogens is 430 g/mol. The van der Waals surface area contributed by atoms with Gasteiger partial charge in [0.1, 0.15) is 17.1 Å². The summed E-state index contributed by atoms with van der Waals surface area (Å²) in [6.07, 6.45) is 4.07. The smallest absolute Gasteiger partial charge is 0.273 e. The van der Waals surface area contributed by atoms with Gasteiger partial charge in [0.15, 0.2) is 11.5 Å². The van der Waals surface area contributed by atoms with E-state index in [1.165, 1.54) is 0 Å². The van der Waals surface area contributed by atoms with Crippen molar-refractivity contribution >= 4 is 5.91 Å². The maximum absolute atomic E-state index is 13.3. The van der Waals surface area contributed by atoms with Gasteiger partial charge in [0.2, 0.25) is 0 Å². The van der Waals surface area contributed by atoms with E-state index in [1.54, 1.807) is 12.1 Å². The van der Waals surface area contributed by atoms with E-state index in [4.69, 9.17) is 9.47 Å². The van der Waals surface area contributed by atoms with E-state index in [-0.39, 0.29) is 17.7 Å². The van der Waals surface area contributed by atoms with Crippen molar-refractivity contribution in [2.24, 2.45) is 0 Å². The number of aromatic hydroxyl groups is 1. The Balaban J connectivity index is 1.77. The second-order valence-electron chi connectivity index (χ2n) is 8.47. The van der Waals surface area contributed by atoms with Gasteiger partial charge in [-0.3, -0.25) is 9.89 Å². The Bertz CT molecular complexity index is 1140. The molecule has 1 amide bonds. The normalized spacial score (nSPS) is 15.0. The Morgan fingerprint density at radius 3 is 2.59 bits per heavy atom. The fraction of sp³-hybridized carbons (Fsp3) is 0.407. The molecule has 0 aliphatic carbocycles. The highest BCUT2D eigenvalue weighted by Gasteiger charge is 2.42. The molecule has 0 spiro atoms. The van der Waals surface area contributed by atoms with Crippen molar-refractivity contribution in [1.82, 2.24) is 15.1 Å². The predicted molar refractivity (Wildman–Crippen MR) is 131 cm³/mol. The van der Waals surface area contributed by atoms with Crippen molar-refractivity contribution < 1.29 is 19.4 Å². The zero-order chi connectivity index (χ0) is 24.1. The van der Waals surface area contributed by atoms with Crippen LogP contribution in [0.15, 0.2) is 42.5 Å². The third kappa shape index (κ3) is 4.47. The average molecular weight is 464 g/mol. The van der Waals surface area contributed by atoms with Gasteiger partial charge in [-0.05, 0) is 49.6 Å². The molecule has 2 heterocycles. The molecular formula is C27H33N3O4. The minimum absolute atomic E-state index is 0.0890. The zero-order valence-electron chi connectivity index (χ0n) is 20.1. The van der Waals surface area contributed by atoms with Crippen molar-refractivity contribution in [2.45, 2.75) is 52.5 Å². The number of rotatable bonds is 11. The Kier molecular flexibility index (Phi) is 7.40. The Morgan fingerprint density at radius 2 is 1.85 bits per heavy atom. The molecule has 4 rings (SSSR count). The van der Waals surface area contributed by atoms with Crippen LogP contribution in [0.3, 0.4) is 0 Å². The molecule has 0 saturated heterocycles. The maximum atomic E-state index is 13.3. The molecule has 7 nitrogen and oxygen atoms in total. The van der Waals surface area contributed by atoms with Crippen LogP contribution in [0.4, 0.5) is 0 Å². The van der Waals surface area contributed by atoms with E-state index < -0.39 is 0 Å². The second kappa shape index (κ2) is 10.6. The molecule has 7 heteroatoms. The monoisotopic (exact) mass is 463 g/mol. The van der Waals surface area contributed by atoms with E-state index >= 15 is 0 Å². The van der Waals surface area contributed by atoms with Gasteiger partial charge in [-0.25, -0.2) is 0 Å².